The third-order valence-corrected chi connectivity index (χ3v) is 11.2. The molecule has 4 aliphatic carbocycles. The summed E-state index contributed by atoms with van der Waals surface area (Å²) in [7, 11) is -2.01. The number of ketones is 2. The molecule has 0 N–H and O–H groups in total. The van der Waals surface area contributed by atoms with E-state index in [2.05, 4.69) is 46.9 Å². The van der Waals surface area contributed by atoms with E-state index in [-0.39, 0.29) is 28.4 Å². The van der Waals surface area contributed by atoms with Gasteiger partial charge in [0.1, 0.15) is 0 Å². The minimum atomic E-state index is -2.01. The number of allylic oxidation sites excluding steroid dienone is 5. The average Bonchev–Trinajstić information content (AvgIpc) is 2.49. The van der Waals surface area contributed by atoms with Gasteiger partial charge >= 0.3 is 0 Å². The highest BCUT2D eigenvalue weighted by atomic mass is 28.4. The molecule has 4 heteroatoms. The summed E-state index contributed by atoms with van der Waals surface area (Å²) in [6.07, 6.45) is 5.52. The Balaban J connectivity index is 2.06. The smallest absolute Gasteiger partial charge is 0.250 e. The number of fused-ring (bicyclic) bond motifs is 1. The van der Waals surface area contributed by atoms with Crippen molar-refractivity contribution in [2.75, 3.05) is 0 Å². The van der Waals surface area contributed by atoms with Gasteiger partial charge in [0.25, 0.3) is 0 Å². The maximum atomic E-state index is 13.3. The molecular formula is C22H32O3Si. The second-order valence-electron chi connectivity index (χ2n) is 10.1. The van der Waals surface area contributed by atoms with E-state index in [0.29, 0.717) is 5.57 Å². The standard InChI is InChI=1S/C22H32O3Si/c1-13(2)15-12-16(23)18-14-9-10-22(6,19(18)20(15)24)17(11-14)25-26(7,8)21(3,4)5/h11-14H,9-10H2,1-8H3/t14-,22+/m1/s1. The molecule has 0 saturated carbocycles. The molecule has 142 valence electrons. The first-order chi connectivity index (χ1) is 11.8. The predicted molar refractivity (Wildman–Crippen MR) is 107 cm³/mol. The number of rotatable bonds is 3. The zero-order valence-electron chi connectivity index (χ0n) is 17.4. The van der Waals surface area contributed by atoms with Crippen LogP contribution in [0.4, 0.5) is 0 Å². The maximum absolute atomic E-state index is 13.3. The fourth-order valence-electron chi connectivity index (χ4n) is 4.09. The van der Waals surface area contributed by atoms with Crippen LogP contribution in [0, 0.1) is 17.3 Å². The topological polar surface area (TPSA) is 43.4 Å². The van der Waals surface area contributed by atoms with Crippen molar-refractivity contribution < 1.29 is 14.0 Å². The summed E-state index contributed by atoms with van der Waals surface area (Å²) in [6, 6.07) is 0. The van der Waals surface area contributed by atoms with Crippen molar-refractivity contribution in [2.45, 2.75) is 72.5 Å². The predicted octanol–water partition coefficient (Wildman–Crippen LogP) is 5.35. The molecule has 0 fully saturated rings. The lowest BCUT2D eigenvalue weighted by molar-refractivity contribution is -0.118. The van der Waals surface area contributed by atoms with E-state index in [1.54, 1.807) is 6.08 Å². The zero-order valence-corrected chi connectivity index (χ0v) is 18.4. The third-order valence-electron chi connectivity index (χ3n) is 6.88. The number of Topliss-reactive ketones (excluding diaryl/α,β-unsaturated/α-hetero) is 1. The van der Waals surface area contributed by atoms with E-state index >= 15 is 0 Å². The molecule has 2 atom stereocenters. The quantitative estimate of drug-likeness (QED) is 0.495. The van der Waals surface area contributed by atoms with Gasteiger partial charge in [0.05, 0.1) is 11.2 Å². The van der Waals surface area contributed by atoms with Crippen LogP contribution in [0.25, 0.3) is 0 Å². The Hall–Kier alpha value is -1.42. The SMILES string of the molecule is CC(C)C1=CC(=O)C2=C(C1=O)[C@@]1(C)CC[C@@H]2C=C1O[Si](C)(C)C(C)(C)C. The van der Waals surface area contributed by atoms with Gasteiger partial charge in [0.15, 0.2) is 11.6 Å². The van der Waals surface area contributed by atoms with Crippen LogP contribution >= 0.6 is 0 Å². The summed E-state index contributed by atoms with van der Waals surface area (Å²) in [5.41, 5.74) is 1.63. The van der Waals surface area contributed by atoms with Crippen molar-refractivity contribution >= 4 is 19.9 Å². The van der Waals surface area contributed by atoms with Gasteiger partial charge in [-0.3, -0.25) is 9.59 Å². The molecule has 0 spiro atoms. The molecule has 0 aliphatic heterocycles. The van der Waals surface area contributed by atoms with Crippen molar-refractivity contribution in [1.82, 2.24) is 0 Å². The van der Waals surface area contributed by atoms with Crippen LogP contribution in [0.5, 0.6) is 0 Å². The second-order valence-corrected chi connectivity index (χ2v) is 14.8. The van der Waals surface area contributed by atoms with Crippen molar-refractivity contribution in [3.63, 3.8) is 0 Å². The average molecular weight is 373 g/mol. The van der Waals surface area contributed by atoms with Crippen LogP contribution in [-0.4, -0.2) is 19.9 Å². The Morgan fingerprint density at radius 2 is 1.85 bits per heavy atom. The van der Waals surface area contributed by atoms with E-state index in [9.17, 15) is 9.59 Å². The monoisotopic (exact) mass is 372 g/mol. The van der Waals surface area contributed by atoms with Crippen molar-refractivity contribution in [1.29, 1.82) is 0 Å². The molecule has 4 rings (SSSR count). The highest BCUT2D eigenvalue weighted by Crippen LogP contribution is 2.57. The van der Waals surface area contributed by atoms with Crippen molar-refractivity contribution in [3.05, 3.63) is 34.6 Å². The minimum Gasteiger partial charge on any atom is -0.546 e. The summed E-state index contributed by atoms with van der Waals surface area (Å²) in [5, 5.41) is 0.0908. The Morgan fingerprint density at radius 1 is 1.23 bits per heavy atom. The number of hydrogen-bond donors (Lipinski definition) is 0. The first kappa shape index (κ1) is 19.3. The Morgan fingerprint density at radius 3 is 2.38 bits per heavy atom. The van der Waals surface area contributed by atoms with E-state index in [0.717, 1.165) is 29.7 Å². The Bertz CT molecular complexity index is 774. The van der Waals surface area contributed by atoms with E-state index in [4.69, 9.17) is 4.43 Å². The fraction of sp³-hybridized carbons (Fsp3) is 0.636. The molecule has 0 radical (unpaired) electrons. The van der Waals surface area contributed by atoms with Crippen LogP contribution in [0.1, 0.15) is 54.4 Å². The lowest BCUT2D eigenvalue weighted by atomic mass is 9.57. The molecule has 2 bridgehead atoms. The second kappa shape index (κ2) is 5.79. The molecule has 3 nitrogen and oxygen atoms in total. The molecule has 0 heterocycles. The van der Waals surface area contributed by atoms with Gasteiger partial charge < -0.3 is 4.43 Å². The highest BCUT2D eigenvalue weighted by Gasteiger charge is 2.53. The zero-order chi connectivity index (χ0) is 19.7. The molecule has 26 heavy (non-hydrogen) atoms. The van der Waals surface area contributed by atoms with E-state index in [1.807, 2.05) is 13.8 Å². The normalized spacial score (nSPS) is 29.0. The van der Waals surface area contributed by atoms with E-state index < -0.39 is 13.7 Å². The summed E-state index contributed by atoms with van der Waals surface area (Å²) in [4.78, 5) is 26.1. The van der Waals surface area contributed by atoms with Gasteiger partial charge in [-0.2, -0.15) is 0 Å². The molecule has 0 unspecified atom stereocenters. The lowest BCUT2D eigenvalue weighted by Crippen LogP contribution is -2.48. The van der Waals surface area contributed by atoms with Gasteiger partial charge in [0.2, 0.25) is 8.32 Å². The number of hydrogen-bond acceptors (Lipinski definition) is 3. The molecule has 0 saturated heterocycles. The van der Waals surface area contributed by atoms with Gasteiger partial charge in [-0.15, -0.1) is 0 Å². The number of carbonyl (C=O) groups excluding carboxylic acids is 2. The molecule has 0 aromatic rings. The van der Waals surface area contributed by atoms with Gasteiger partial charge in [-0.1, -0.05) is 34.6 Å². The third kappa shape index (κ3) is 2.68. The van der Waals surface area contributed by atoms with Crippen LogP contribution in [0.15, 0.2) is 34.6 Å². The summed E-state index contributed by atoms with van der Waals surface area (Å²) >= 11 is 0. The van der Waals surface area contributed by atoms with Gasteiger partial charge in [0, 0.05) is 22.6 Å². The Kier molecular flexibility index (Phi) is 4.30. The molecule has 0 aromatic carbocycles. The molecule has 0 amide bonds. The summed E-state index contributed by atoms with van der Waals surface area (Å²) < 4.78 is 6.69. The van der Waals surface area contributed by atoms with Crippen LogP contribution < -0.4 is 0 Å². The first-order valence-electron chi connectivity index (χ1n) is 9.76. The van der Waals surface area contributed by atoms with E-state index in [1.165, 1.54) is 0 Å². The van der Waals surface area contributed by atoms with Crippen LogP contribution in [-0.2, 0) is 14.0 Å². The summed E-state index contributed by atoms with van der Waals surface area (Å²) in [5.74, 6) is 1.10. The van der Waals surface area contributed by atoms with Crippen molar-refractivity contribution in [2.24, 2.45) is 17.3 Å². The fourth-order valence-corrected chi connectivity index (χ4v) is 5.24. The number of carbonyl (C=O) groups is 2. The largest absolute Gasteiger partial charge is 0.546 e. The van der Waals surface area contributed by atoms with Gasteiger partial charge in [-0.25, -0.2) is 0 Å². The first-order valence-corrected chi connectivity index (χ1v) is 12.7. The van der Waals surface area contributed by atoms with Crippen LogP contribution in [0.3, 0.4) is 0 Å². The van der Waals surface area contributed by atoms with Gasteiger partial charge in [-0.05, 0) is 56.0 Å². The lowest BCUT2D eigenvalue weighted by Gasteiger charge is -2.50. The minimum absolute atomic E-state index is 0.0213. The Labute approximate surface area is 158 Å². The molecule has 4 aliphatic rings. The van der Waals surface area contributed by atoms with Crippen molar-refractivity contribution in [3.8, 4) is 0 Å². The maximum Gasteiger partial charge on any atom is 0.250 e. The van der Waals surface area contributed by atoms with Crippen LogP contribution in [0.2, 0.25) is 18.1 Å². The highest BCUT2D eigenvalue weighted by molar-refractivity contribution is 6.74. The molecule has 0 aromatic heterocycles. The molecular weight excluding hydrogens is 340 g/mol. The summed E-state index contributed by atoms with van der Waals surface area (Å²) in [6.45, 7) is 17.2.